The summed E-state index contributed by atoms with van der Waals surface area (Å²) >= 11 is 6.55. The first-order valence-electron chi connectivity index (χ1n) is 5.76. The Bertz CT molecular complexity index is 625. The minimum Gasteiger partial charge on any atom is -0.347 e. The number of nitro groups is 1. The SMILES string of the molecule is O=C(NCc1ccc(CCl)cc1)c1ccc([N+](=O)[O-])s1. The normalized spacial score (nSPS) is 10.2. The molecule has 0 unspecified atom stereocenters. The highest BCUT2D eigenvalue weighted by molar-refractivity contribution is 7.17. The largest absolute Gasteiger partial charge is 0.347 e. The summed E-state index contributed by atoms with van der Waals surface area (Å²) in [4.78, 5) is 22.2. The van der Waals surface area contributed by atoms with Crippen molar-refractivity contribution in [2.24, 2.45) is 0 Å². The van der Waals surface area contributed by atoms with Gasteiger partial charge in [0.25, 0.3) is 5.91 Å². The average Bonchev–Trinajstić information content (AvgIpc) is 2.95. The Balaban J connectivity index is 1.95. The second-order valence-electron chi connectivity index (χ2n) is 4.03. The van der Waals surface area contributed by atoms with Crippen molar-refractivity contribution in [3.8, 4) is 0 Å². The van der Waals surface area contributed by atoms with Crippen LogP contribution in [0, 0.1) is 10.1 Å². The minimum atomic E-state index is -0.508. The summed E-state index contributed by atoms with van der Waals surface area (Å²) < 4.78 is 0. The van der Waals surface area contributed by atoms with Gasteiger partial charge in [0.2, 0.25) is 0 Å². The van der Waals surface area contributed by atoms with Crippen molar-refractivity contribution in [1.82, 2.24) is 5.32 Å². The van der Waals surface area contributed by atoms with Crippen molar-refractivity contribution in [3.63, 3.8) is 0 Å². The molecule has 0 saturated heterocycles. The number of thiophene rings is 1. The molecule has 0 saturated carbocycles. The fourth-order valence-electron chi connectivity index (χ4n) is 1.56. The number of amides is 1. The Morgan fingerprint density at radius 1 is 1.20 bits per heavy atom. The van der Waals surface area contributed by atoms with Crippen LogP contribution in [-0.2, 0) is 12.4 Å². The van der Waals surface area contributed by atoms with E-state index in [0.717, 1.165) is 22.5 Å². The van der Waals surface area contributed by atoms with E-state index in [9.17, 15) is 14.9 Å². The summed E-state index contributed by atoms with van der Waals surface area (Å²) in [6, 6.07) is 10.3. The molecule has 5 nitrogen and oxygen atoms in total. The summed E-state index contributed by atoms with van der Waals surface area (Å²) in [5.41, 5.74) is 1.95. The molecule has 0 fully saturated rings. The maximum Gasteiger partial charge on any atom is 0.324 e. The van der Waals surface area contributed by atoms with E-state index in [1.54, 1.807) is 0 Å². The Hall–Kier alpha value is -1.92. The van der Waals surface area contributed by atoms with E-state index in [1.807, 2.05) is 24.3 Å². The number of nitrogens with zero attached hydrogens (tertiary/aromatic N) is 1. The van der Waals surface area contributed by atoms with E-state index in [0.29, 0.717) is 17.3 Å². The summed E-state index contributed by atoms with van der Waals surface area (Å²) in [6.45, 7) is 0.368. The van der Waals surface area contributed by atoms with Crippen LogP contribution in [0.25, 0.3) is 0 Å². The van der Waals surface area contributed by atoms with Gasteiger partial charge in [-0.05, 0) is 17.2 Å². The number of alkyl halides is 1. The van der Waals surface area contributed by atoms with E-state index in [4.69, 9.17) is 11.6 Å². The number of nitrogens with one attached hydrogen (secondary N) is 1. The van der Waals surface area contributed by atoms with Gasteiger partial charge in [-0.1, -0.05) is 35.6 Å². The van der Waals surface area contributed by atoms with Gasteiger partial charge in [-0.2, -0.15) is 0 Å². The molecule has 1 heterocycles. The smallest absolute Gasteiger partial charge is 0.324 e. The zero-order valence-corrected chi connectivity index (χ0v) is 11.9. The number of carbonyl (C=O) groups is 1. The van der Waals surface area contributed by atoms with Crippen LogP contribution in [0.15, 0.2) is 36.4 Å². The Morgan fingerprint density at radius 3 is 2.40 bits per heavy atom. The third-order valence-corrected chi connectivity index (χ3v) is 3.97. The molecule has 0 atom stereocenters. The van der Waals surface area contributed by atoms with Crippen molar-refractivity contribution in [1.29, 1.82) is 0 Å². The lowest BCUT2D eigenvalue weighted by Gasteiger charge is -2.04. The number of halogens is 1. The topological polar surface area (TPSA) is 72.2 Å². The van der Waals surface area contributed by atoms with Gasteiger partial charge < -0.3 is 5.32 Å². The zero-order valence-electron chi connectivity index (χ0n) is 10.3. The number of carbonyl (C=O) groups excluding carboxylic acids is 1. The van der Waals surface area contributed by atoms with Gasteiger partial charge in [0.1, 0.15) is 0 Å². The van der Waals surface area contributed by atoms with Crippen LogP contribution in [0.2, 0.25) is 0 Å². The zero-order chi connectivity index (χ0) is 14.5. The van der Waals surface area contributed by atoms with E-state index >= 15 is 0 Å². The first-order valence-corrected chi connectivity index (χ1v) is 7.11. The fraction of sp³-hybridized carbons (Fsp3) is 0.154. The van der Waals surface area contributed by atoms with Crippen molar-refractivity contribution in [2.45, 2.75) is 12.4 Å². The Kier molecular flexibility index (Phi) is 4.70. The first-order chi connectivity index (χ1) is 9.60. The highest BCUT2D eigenvalue weighted by Crippen LogP contribution is 2.23. The second kappa shape index (κ2) is 6.49. The van der Waals surface area contributed by atoms with Gasteiger partial charge >= 0.3 is 5.00 Å². The van der Waals surface area contributed by atoms with Crippen LogP contribution in [-0.4, -0.2) is 10.8 Å². The maximum absolute atomic E-state index is 11.8. The molecule has 0 spiro atoms. The van der Waals surface area contributed by atoms with Gasteiger partial charge in [-0.3, -0.25) is 14.9 Å². The molecule has 0 bridgehead atoms. The molecule has 2 rings (SSSR count). The fourth-order valence-corrected chi connectivity index (χ4v) is 2.48. The van der Waals surface area contributed by atoms with E-state index in [2.05, 4.69) is 5.32 Å². The van der Waals surface area contributed by atoms with Gasteiger partial charge in [-0.15, -0.1) is 11.6 Å². The summed E-state index contributed by atoms with van der Waals surface area (Å²) in [5.74, 6) is 0.135. The third kappa shape index (κ3) is 3.55. The second-order valence-corrected chi connectivity index (χ2v) is 5.36. The van der Waals surface area contributed by atoms with Gasteiger partial charge in [0, 0.05) is 18.5 Å². The van der Waals surface area contributed by atoms with Gasteiger partial charge in [0.05, 0.1) is 9.80 Å². The molecule has 0 aliphatic heterocycles. The van der Waals surface area contributed by atoms with Crippen LogP contribution in [0.4, 0.5) is 5.00 Å². The highest BCUT2D eigenvalue weighted by atomic mass is 35.5. The Labute approximate surface area is 124 Å². The predicted octanol–water partition coefficient (Wildman–Crippen LogP) is 3.33. The quantitative estimate of drug-likeness (QED) is 0.523. The van der Waals surface area contributed by atoms with Crippen molar-refractivity contribution >= 4 is 33.8 Å². The molecule has 1 amide bonds. The lowest BCUT2D eigenvalue weighted by molar-refractivity contribution is -0.380. The van der Waals surface area contributed by atoms with Crippen LogP contribution < -0.4 is 5.32 Å². The standard InChI is InChI=1S/C13H11ClN2O3S/c14-7-9-1-3-10(4-2-9)8-15-13(17)11-5-6-12(20-11)16(18)19/h1-6H,7-8H2,(H,15,17). The maximum atomic E-state index is 11.8. The predicted molar refractivity (Wildman–Crippen MR) is 78.1 cm³/mol. The van der Waals surface area contributed by atoms with Gasteiger partial charge in [-0.25, -0.2) is 0 Å². The molecular weight excluding hydrogens is 300 g/mol. The lowest BCUT2D eigenvalue weighted by Crippen LogP contribution is -2.21. The Morgan fingerprint density at radius 2 is 1.85 bits per heavy atom. The minimum absolute atomic E-state index is 0.0402. The molecule has 104 valence electrons. The van der Waals surface area contributed by atoms with Crippen LogP contribution >= 0.6 is 22.9 Å². The third-order valence-electron chi connectivity index (χ3n) is 2.63. The van der Waals surface area contributed by atoms with Crippen LogP contribution in [0.3, 0.4) is 0 Å². The monoisotopic (exact) mass is 310 g/mol. The number of hydrogen-bond donors (Lipinski definition) is 1. The van der Waals surface area contributed by atoms with E-state index < -0.39 is 4.92 Å². The highest BCUT2D eigenvalue weighted by Gasteiger charge is 2.14. The molecule has 1 aromatic carbocycles. The number of benzene rings is 1. The van der Waals surface area contributed by atoms with E-state index in [1.165, 1.54) is 12.1 Å². The molecule has 1 N–H and O–H groups in total. The molecular formula is C13H11ClN2O3S. The van der Waals surface area contributed by atoms with Crippen molar-refractivity contribution in [2.75, 3.05) is 0 Å². The molecule has 0 radical (unpaired) electrons. The molecule has 0 aliphatic rings. The van der Waals surface area contributed by atoms with E-state index in [-0.39, 0.29) is 10.9 Å². The number of hydrogen-bond acceptors (Lipinski definition) is 4. The molecule has 0 aliphatic carbocycles. The molecule has 7 heteroatoms. The number of rotatable bonds is 5. The van der Waals surface area contributed by atoms with Crippen LogP contribution in [0.1, 0.15) is 20.8 Å². The van der Waals surface area contributed by atoms with Crippen molar-refractivity contribution in [3.05, 3.63) is 62.5 Å². The lowest BCUT2D eigenvalue weighted by atomic mass is 10.1. The summed E-state index contributed by atoms with van der Waals surface area (Å²) in [7, 11) is 0. The summed E-state index contributed by atoms with van der Waals surface area (Å²) in [5, 5.41) is 13.2. The summed E-state index contributed by atoms with van der Waals surface area (Å²) in [6.07, 6.45) is 0. The van der Waals surface area contributed by atoms with Crippen LogP contribution in [0.5, 0.6) is 0 Å². The van der Waals surface area contributed by atoms with Crippen molar-refractivity contribution < 1.29 is 9.72 Å². The first kappa shape index (κ1) is 14.5. The average molecular weight is 311 g/mol. The van der Waals surface area contributed by atoms with Gasteiger partial charge in [0.15, 0.2) is 0 Å². The molecule has 2 aromatic rings. The molecule has 20 heavy (non-hydrogen) atoms. The molecule has 1 aromatic heterocycles.